The fraction of sp³-hybridized carbons (Fsp3) is 0.115. The smallest absolute Gasteiger partial charge is 0.303 e. The molecule has 0 unspecified atom stereocenters. The molecule has 0 aromatic heterocycles. The highest BCUT2D eigenvalue weighted by atomic mass is 16.4. The lowest BCUT2D eigenvalue weighted by atomic mass is 9.86. The third-order valence-corrected chi connectivity index (χ3v) is 5.60. The van der Waals surface area contributed by atoms with Crippen molar-refractivity contribution in [2.75, 3.05) is 0 Å². The first-order valence-electron chi connectivity index (χ1n) is 9.71. The summed E-state index contributed by atoms with van der Waals surface area (Å²) in [7, 11) is 0. The van der Waals surface area contributed by atoms with Gasteiger partial charge in [-0.25, -0.2) is 0 Å². The number of hydrogen-bond acceptors (Lipinski definition) is 1. The summed E-state index contributed by atoms with van der Waals surface area (Å²) in [5.41, 5.74) is 0. The second kappa shape index (κ2) is 6.35. The van der Waals surface area contributed by atoms with Gasteiger partial charge in [0.2, 0.25) is 0 Å². The minimum atomic E-state index is -0.711. The molecule has 6 aromatic rings. The quantitative estimate of drug-likeness (QED) is 0.260. The fourth-order valence-corrected chi connectivity index (χ4v) is 4.45. The van der Waals surface area contributed by atoms with Gasteiger partial charge in [-0.1, -0.05) is 79.7 Å². The van der Waals surface area contributed by atoms with E-state index in [1.54, 1.807) is 0 Å². The van der Waals surface area contributed by atoms with E-state index >= 15 is 0 Å². The van der Waals surface area contributed by atoms with E-state index in [2.05, 4.69) is 72.8 Å². The predicted octanol–water partition coefficient (Wildman–Crippen LogP) is 7.20. The lowest BCUT2D eigenvalue weighted by Crippen LogP contribution is -1.90. The summed E-state index contributed by atoms with van der Waals surface area (Å²) in [6.07, 6.45) is 1.02. The summed E-state index contributed by atoms with van der Waals surface area (Å²) in [6.45, 7) is 1.84. The van der Waals surface area contributed by atoms with Crippen LogP contribution in [-0.2, 0) is 4.79 Å². The van der Waals surface area contributed by atoms with E-state index in [0.29, 0.717) is 6.42 Å². The van der Waals surface area contributed by atoms with Crippen molar-refractivity contribution in [2.24, 2.45) is 0 Å². The van der Waals surface area contributed by atoms with Gasteiger partial charge in [0.15, 0.2) is 0 Å². The molecule has 136 valence electrons. The van der Waals surface area contributed by atoms with E-state index in [1.807, 2.05) is 6.92 Å². The molecule has 0 amide bonds. The second-order valence-electron chi connectivity index (χ2n) is 7.34. The van der Waals surface area contributed by atoms with Crippen molar-refractivity contribution in [3.05, 3.63) is 72.8 Å². The molecule has 6 rings (SSSR count). The predicted molar refractivity (Wildman–Crippen MR) is 119 cm³/mol. The van der Waals surface area contributed by atoms with E-state index in [0.717, 1.165) is 6.42 Å². The van der Waals surface area contributed by atoms with Gasteiger partial charge in [0.05, 0.1) is 0 Å². The van der Waals surface area contributed by atoms with Gasteiger partial charge in [-0.2, -0.15) is 0 Å². The third kappa shape index (κ3) is 2.38. The van der Waals surface area contributed by atoms with Crippen molar-refractivity contribution < 1.29 is 9.90 Å². The van der Waals surface area contributed by atoms with Gasteiger partial charge in [0.1, 0.15) is 0 Å². The molecule has 0 heterocycles. The van der Waals surface area contributed by atoms with E-state index in [1.165, 1.54) is 53.9 Å². The Balaban J connectivity index is 0.000000252. The van der Waals surface area contributed by atoms with Crippen molar-refractivity contribution in [1.29, 1.82) is 0 Å². The molecule has 0 atom stereocenters. The van der Waals surface area contributed by atoms with Crippen LogP contribution in [-0.4, -0.2) is 11.1 Å². The van der Waals surface area contributed by atoms with Crippen molar-refractivity contribution in [3.63, 3.8) is 0 Å². The summed E-state index contributed by atoms with van der Waals surface area (Å²) in [5.74, 6) is -0.711. The van der Waals surface area contributed by atoms with Crippen LogP contribution in [0.25, 0.3) is 53.9 Å². The van der Waals surface area contributed by atoms with Crippen molar-refractivity contribution in [3.8, 4) is 0 Å². The monoisotopic (exact) mass is 364 g/mol. The van der Waals surface area contributed by atoms with E-state index < -0.39 is 5.97 Å². The van der Waals surface area contributed by atoms with Crippen molar-refractivity contribution in [1.82, 2.24) is 0 Å². The van der Waals surface area contributed by atoms with Gasteiger partial charge in [-0.15, -0.1) is 0 Å². The van der Waals surface area contributed by atoms with Crippen LogP contribution < -0.4 is 0 Å². The number of aliphatic carboxylic acids is 1. The minimum Gasteiger partial charge on any atom is -0.481 e. The number of hydrogen-bond donors (Lipinski definition) is 1. The molecule has 0 bridgehead atoms. The molecule has 28 heavy (non-hydrogen) atoms. The molecule has 0 saturated carbocycles. The van der Waals surface area contributed by atoms with Gasteiger partial charge in [-0.3, -0.25) is 4.79 Å². The maximum atomic E-state index is 9.60. The molecule has 0 aliphatic rings. The Morgan fingerprint density at radius 3 is 1.36 bits per heavy atom. The molecule has 6 aromatic carbocycles. The van der Waals surface area contributed by atoms with Gasteiger partial charge in [0.25, 0.3) is 0 Å². The summed E-state index contributed by atoms with van der Waals surface area (Å²) >= 11 is 0. The summed E-state index contributed by atoms with van der Waals surface area (Å²) in [5, 5.41) is 21.7. The highest BCUT2D eigenvalue weighted by Gasteiger charge is 2.15. The van der Waals surface area contributed by atoms with Gasteiger partial charge in [0, 0.05) is 6.42 Å². The molecular formula is C26H20O2. The fourth-order valence-electron chi connectivity index (χ4n) is 4.45. The number of carbonyl (C=O) groups is 1. The zero-order chi connectivity index (χ0) is 19.3. The standard InChI is InChI=1S/C22H12.C4H8O2/c1-3-13-7-9-15-11-12-16-10-8-14-4-2-6-18-17(5-1)19(13)21(15)22(16)20(14)18;1-2-3-4(5)6/h1-12H;2-3H2,1H3,(H,5,6). The van der Waals surface area contributed by atoms with Crippen molar-refractivity contribution in [2.45, 2.75) is 19.8 Å². The van der Waals surface area contributed by atoms with Crippen LogP contribution in [0.3, 0.4) is 0 Å². The Bertz CT molecular complexity index is 1330. The number of fused-ring (bicyclic) bond motifs is 1. The lowest BCUT2D eigenvalue weighted by molar-refractivity contribution is -0.137. The molecule has 2 heteroatoms. The average Bonchev–Trinajstić information content (AvgIpc) is 2.72. The maximum Gasteiger partial charge on any atom is 0.303 e. The first-order valence-corrected chi connectivity index (χ1v) is 9.71. The number of carboxylic acids is 1. The first kappa shape index (κ1) is 16.8. The van der Waals surface area contributed by atoms with Gasteiger partial charge in [-0.05, 0) is 60.3 Å². The lowest BCUT2D eigenvalue weighted by Gasteiger charge is -2.17. The summed E-state index contributed by atoms with van der Waals surface area (Å²) in [6, 6.07) is 26.9. The van der Waals surface area contributed by atoms with Crippen LogP contribution in [0.15, 0.2) is 72.8 Å². The summed E-state index contributed by atoms with van der Waals surface area (Å²) < 4.78 is 0. The highest BCUT2D eigenvalue weighted by Crippen LogP contribution is 2.44. The molecule has 0 spiro atoms. The Morgan fingerprint density at radius 2 is 1.04 bits per heavy atom. The molecule has 0 fully saturated rings. The molecule has 2 nitrogen and oxygen atoms in total. The highest BCUT2D eigenvalue weighted by molar-refractivity contribution is 6.39. The van der Waals surface area contributed by atoms with Crippen LogP contribution in [0.5, 0.6) is 0 Å². The molecule has 0 saturated heterocycles. The third-order valence-electron chi connectivity index (χ3n) is 5.60. The Kier molecular flexibility index (Phi) is 3.80. The zero-order valence-corrected chi connectivity index (χ0v) is 15.7. The number of carboxylic acid groups (broad SMARTS) is 1. The van der Waals surface area contributed by atoms with Gasteiger partial charge >= 0.3 is 5.97 Å². The van der Waals surface area contributed by atoms with Crippen LogP contribution in [0.4, 0.5) is 0 Å². The Labute approximate surface area is 162 Å². The van der Waals surface area contributed by atoms with E-state index in [4.69, 9.17) is 5.11 Å². The Hall–Kier alpha value is -3.39. The maximum absolute atomic E-state index is 9.60. The van der Waals surface area contributed by atoms with E-state index in [-0.39, 0.29) is 0 Å². The molecule has 1 N–H and O–H groups in total. The molecule has 0 aliphatic carbocycles. The van der Waals surface area contributed by atoms with Crippen molar-refractivity contribution >= 4 is 59.8 Å². The Morgan fingerprint density at radius 1 is 0.643 bits per heavy atom. The van der Waals surface area contributed by atoms with Crippen LogP contribution in [0, 0.1) is 0 Å². The summed E-state index contributed by atoms with van der Waals surface area (Å²) in [4.78, 5) is 9.60. The molecule has 0 aliphatic heterocycles. The average molecular weight is 364 g/mol. The first-order chi connectivity index (χ1) is 13.7. The number of benzene rings is 6. The van der Waals surface area contributed by atoms with Crippen LogP contribution >= 0.6 is 0 Å². The second-order valence-corrected chi connectivity index (χ2v) is 7.34. The normalized spacial score (nSPS) is 11.6. The van der Waals surface area contributed by atoms with E-state index in [9.17, 15) is 4.79 Å². The largest absolute Gasteiger partial charge is 0.481 e. The minimum absolute atomic E-state index is 0.292. The zero-order valence-electron chi connectivity index (χ0n) is 15.7. The van der Waals surface area contributed by atoms with Gasteiger partial charge < -0.3 is 5.11 Å². The topological polar surface area (TPSA) is 37.3 Å². The molecule has 0 radical (unpaired) electrons. The SMILES string of the molecule is CCCC(=O)O.c1cc2ccc3ccc4ccc5cccc6c(c1)c2c3c4c56. The van der Waals surface area contributed by atoms with Crippen LogP contribution in [0.2, 0.25) is 0 Å². The number of rotatable bonds is 2. The van der Waals surface area contributed by atoms with Crippen LogP contribution in [0.1, 0.15) is 19.8 Å². The molecular weight excluding hydrogens is 344 g/mol.